The number of hydrogen-bond acceptors (Lipinski definition) is 4. The van der Waals surface area contributed by atoms with E-state index in [9.17, 15) is 17.6 Å². The molecule has 6 nitrogen and oxygen atoms in total. The summed E-state index contributed by atoms with van der Waals surface area (Å²) >= 11 is 0. The summed E-state index contributed by atoms with van der Waals surface area (Å²) in [4.78, 5) is 11.6. The molecule has 1 unspecified atom stereocenters. The predicted octanol–water partition coefficient (Wildman–Crippen LogP) is 3.22. The third-order valence-corrected chi connectivity index (χ3v) is 5.32. The van der Waals surface area contributed by atoms with Crippen molar-refractivity contribution < 1.29 is 22.3 Å². The molecule has 0 aliphatic carbocycles. The van der Waals surface area contributed by atoms with Gasteiger partial charge in [0, 0.05) is 12.5 Å². The maximum absolute atomic E-state index is 13.0. The van der Waals surface area contributed by atoms with Crippen molar-refractivity contribution in [2.24, 2.45) is 0 Å². The van der Waals surface area contributed by atoms with E-state index in [2.05, 4.69) is 10.0 Å². The average Bonchev–Trinajstić information content (AvgIpc) is 2.61. The van der Waals surface area contributed by atoms with Gasteiger partial charge in [0.15, 0.2) is 0 Å². The van der Waals surface area contributed by atoms with Crippen LogP contribution in [0.5, 0.6) is 5.75 Å². The van der Waals surface area contributed by atoms with Crippen LogP contribution in [0.2, 0.25) is 0 Å². The van der Waals surface area contributed by atoms with Crippen LogP contribution in [0.1, 0.15) is 31.9 Å². The summed E-state index contributed by atoms with van der Waals surface area (Å²) in [5, 5.41) is 2.62. The number of methoxy groups -OCH3 is 1. The molecular formula is C18H21FN2O4S. The minimum atomic E-state index is -3.86. The second-order valence-corrected chi connectivity index (χ2v) is 7.37. The molecule has 0 bridgehead atoms. The van der Waals surface area contributed by atoms with E-state index >= 15 is 0 Å². The van der Waals surface area contributed by atoms with Gasteiger partial charge in [-0.3, -0.25) is 4.79 Å². The van der Waals surface area contributed by atoms with Crippen molar-refractivity contribution in [1.29, 1.82) is 0 Å². The zero-order valence-corrected chi connectivity index (χ0v) is 15.6. The Morgan fingerprint density at radius 2 is 1.85 bits per heavy atom. The van der Waals surface area contributed by atoms with Gasteiger partial charge in [-0.15, -0.1) is 0 Å². The molecular weight excluding hydrogens is 359 g/mol. The fourth-order valence-electron chi connectivity index (χ4n) is 2.31. The van der Waals surface area contributed by atoms with Crippen molar-refractivity contribution >= 4 is 21.6 Å². The van der Waals surface area contributed by atoms with Crippen LogP contribution in [0, 0.1) is 5.82 Å². The second-order valence-electron chi connectivity index (χ2n) is 5.66. The number of sulfonamides is 1. The standard InChI is InChI=1S/C18H21FN2O4S/c1-4-18(22)20-16-11-15(9-10-17(16)25-3)26(23,24)21-12(2)13-5-7-14(19)8-6-13/h5-12,21H,4H2,1-3H3,(H,20,22). The first-order chi connectivity index (χ1) is 12.3. The minimum Gasteiger partial charge on any atom is -0.495 e. The van der Waals surface area contributed by atoms with Crippen LogP contribution in [0.25, 0.3) is 0 Å². The maximum Gasteiger partial charge on any atom is 0.241 e. The molecule has 8 heteroatoms. The van der Waals surface area contributed by atoms with E-state index in [-0.39, 0.29) is 22.9 Å². The molecule has 2 rings (SSSR count). The first-order valence-electron chi connectivity index (χ1n) is 8.02. The number of anilines is 1. The number of amides is 1. The molecule has 0 aliphatic rings. The second kappa shape index (κ2) is 8.29. The van der Waals surface area contributed by atoms with E-state index < -0.39 is 21.9 Å². The number of rotatable bonds is 7. The molecule has 2 aromatic carbocycles. The SMILES string of the molecule is CCC(=O)Nc1cc(S(=O)(=O)NC(C)c2ccc(F)cc2)ccc1OC. The topological polar surface area (TPSA) is 84.5 Å². The summed E-state index contributed by atoms with van der Waals surface area (Å²) in [7, 11) is -2.43. The lowest BCUT2D eigenvalue weighted by molar-refractivity contribution is -0.115. The van der Waals surface area contributed by atoms with Gasteiger partial charge in [-0.2, -0.15) is 0 Å². The highest BCUT2D eigenvalue weighted by molar-refractivity contribution is 7.89. The Morgan fingerprint density at radius 1 is 1.19 bits per heavy atom. The van der Waals surface area contributed by atoms with Gasteiger partial charge in [0.2, 0.25) is 15.9 Å². The van der Waals surface area contributed by atoms with E-state index in [1.807, 2.05) is 0 Å². The quantitative estimate of drug-likeness (QED) is 0.772. The number of halogens is 1. The van der Waals surface area contributed by atoms with Crippen molar-refractivity contribution in [3.8, 4) is 5.75 Å². The number of ether oxygens (including phenoxy) is 1. The molecule has 2 N–H and O–H groups in total. The summed E-state index contributed by atoms with van der Waals surface area (Å²) in [6.07, 6.45) is 0.250. The van der Waals surface area contributed by atoms with E-state index in [1.165, 1.54) is 49.6 Å². The number of carbonyl (C=O) groups excluding carboxylic acids is 1. The first kappa shape index (κ1) is 19.9. The van der Waals surface area contributed by atoms with Crippen LogP contribution in [-0.4, -0.2) is 21.4 Å². The molecule has 1 amide bonds. The highest BCUT2D eigenvalue weighted by atomic mass is 32.2. The maximum atomic E-state index is 13.0. The van der Waals surface area contributed by atoms with Crippen LogP contribution >= 0.6 is 0 Å². The van der Waals surface area contributed by atoms with Crippen LogP contribution in [0.3, 0.4) is 0 Å². The molecule has 0 saturated carbocycles. The molecule has 0 heterocycles. The minimum absolute atomic E-state index is 0.0151. The monoisotopic (exact) mass is 380 g/mol. The van der Waals surface area contributed by atoms with Gasteiger partial charge < -0.3 is 10.1 Å². The number of nitrogens with one attached hydrogen (secondary N) is 2. The largest absolute Gasteiger partial charge is 0.495 e. The molecule has 1 atom stereocenters. The van der Waals surface area contributed by atoms with E-state index in [1.54, 1.807) is 13.8 Å². The summed E-state index contributed by atoms with van der Waals surface area (Å²) in [6.45, 7) is 3.35. The fourth-order valence-corrected chi connectivity index (χ4v) is 3.57. The lowest BCUT2D eigenvalue weighted by Crippen LogP contribution is -2.27. The lowest BCUT2D eigenvalue weighted by atomic mass is 10.1. The summed E-state index contributed by atoms with van der Waals surface area (Å²) < 4.78 is 46.0. The molecule has 140 valence electrons. The number of carbonyl (C=O) groups is 1. The predicted molar refractivity (Wildman–Crippen MR) is 97.1 cm³/mol. The van der Waals surface area contributed by atoms with E-state index in [0.717, 1.165) is 0 Å². The van der Waals surface area contributed by atoms with Gasteiger partial charge in [0.1, 0.15) is 11.6 Å². The van der Waals surface area contributed by atoms with Crippen molar-refractivity contribution in [3.05, 3.63) is 53.8 Å². The molecule has 0 aromatic heterocycles. The highest BCUT2D eigenvalue weighted by Crippen LogP contribution is 2.28. The Labute approximate surface area is 152 Å². The van der Waals surface area contributed by atoms with Crippen molar-refractivity contribution in [2.75, 3.05) is 12.4 Å². The average molecular weight is 380 g/mol. The molecule has 0 aliphatic heterocycles. The van der Waals surface area contributed by atoms with Crippen molar-refractivity contribution in [1.82, 2.24) is 4.72 Å². The smallest absolute Gasteiger partial charge is 0.241 e. The molecule has 26 heavy (non-hydrogen) atoms. The number of benzene rings is 2. The molecule has 0 saturated heterocycles. The zero-order valence-electron chi connectivity index (χ0n) is 14.7. The van der Waals surface area contributed by atoms with Gasteiger partial charge in [-0.1, -0.05) is 19.1 Å². The third kappa shape index (κ3) is 4.80. The number of hydrogen-bond donors (Lipinski definition) is 2. The molecule has 2 aromatic rings. The van der Waals surface area contributed by atoms with Gasteiger partial charge in [0.05, 0.1) is 17.7 Å². The highest BCUT2D eigenvalue weighted by Gasteiger charge is 2.20. The van der Waals surface area contributed by atoms with Crippen LogP contribution in [0.15, 0.2) is 47.4 Å². The van der Waals surface area contributed by atoms with Gasteiger partial charge in [-0.25, -0.2) is 17.5 Å². The van der Waals surface area contributed by atoms with Crippen molar-refractivity contribution in [3.63, 3.8) is 0 Å². The molecule has 0 fully saturated rings. The summed E-state index contributed by atoms with van der Waals surface area (Å²) in [5.74, 6) is -0.293. The Bertz CT molecular complexity index is 883. The molecule has 0 spiro atoms. The fraction of sp³-hybridized carbons (Fsp3) is 0.278. The normalized spacial score (nSPS) is 12.5. The van der Waals surface area contributed by atoms with E-state index in [4.69, 9.17) is 4.74 Å². The Balaban J connectivity index is 2.28. The third-order valence-electron chi connectivity index (χ3n) is 3.78. The Kier molecular flexibility index (Phi) is 6.33. The van der Waals surface area contributed by atoms with Gasteiger partial charge in [0.25, 0.3) is 0 Å². The molecule has 0 radical (unpaired) electrons. The van der Waals surface area contributed by atoms with Crippen LogP contribution in [-0.2, 0) is 14.8 Å². The summed E-state index contributed by atoms with van der Waals surface area (Å²) in [5.41, 5.74) is 0.902. The first-order valence-corrected chi connectivity index (χ1v) is 9.50. The van der Waals surface area contributed by atoms with Crippen LogP contribution < -0.4 is 14.8 Å². The van der Waals surface area contributed by atoms with Crippen LogP contribution in [0.4, 0.5) is 10.1 Å². The van der Waals surface area contributed by atoms with Crippen molar-refractivity contribution in [2.45, 2.75) is 31.2 Å². The Hall–Kier alpha value is -2.45. The van der Waals surface area contributed by atoms with E-state index in [0.29, 0.717) is 11.3 Å². The van der Waals surface area contributed by atoms with Gasteiger partial charge in [-0.05, 0) is 42.8 Å². The summed E-state index contributed by atoms with van der Waals surface area (Å²) in [6, 6.07) is 9.22. The zero-order chi connectivity index (χ0) is 19.3. The van der Waals surface area contributed by atoms with Gasteiger partial charge >= 0.3 is 0 Å². The lowest BCUT2D eigenvalue weighted by Gasteiger charge is -2.16. The Morgan fingerprint density at radius 3 is 2.42 bits per heavy atom.